The van der Waals surface area contributed by atoms with Gasteiger partial charge in [-0.25, -0.2) is 9.78 Å². The molecule has 0 bridgehead atoms. The fourth-order valence-corrected chi connectivity index (χ4v) is 2.88. The molecule has 3 heterocycles. The molecule has 0 saturated carbocycles. The third kappa shape index (κ3) is 2.00. The van der Waals surface area contributed by atoms with E-state index in [4.69, 9.17) is 5.73 Å². The van der Waals surface area contributed by atoms with Crippen LogP contribution < -0.4 is 5.73 Å². The number of carboxylic acids is 1. The summed E-state index contributed by atoms with van der Waals surface area (Å²) in [6.45, 7) is 1.92. The van der Waals surface area contributed by atoms with Crippen LogP contribution in [0.5, 0.6) is 0 Å². The summed E-state index contributed by atoms with van der Waals surface area (Å²) < 4.78 is 1.80. The Kier molecular flexibility index (Phi) is 3.06. The highest BCUT2D eigenvalue weighted by Crippen LogP contribution is 2.29. The first-order chi connectivity index (χ1) is 9.58. The van der Waals surface area contributed by atoms with E-state index in [-0.39, 0.29) is 17.6 Å². The van der Waals surface area contributed by atoms with Crippen molar-refractivity contribution in [1.82, 2.24) is 19.7 Å². The Morgan fingerprint density at radius 1 is 1.55 bits per heavy atom. The number of carboxylic acid groups (broad SMARTS) is 1. The second-order valence-electron chi connectivity index (χ2n) is 5.25. The fraction of sp³-hybridized carbons (Fsp3) is 0.462. The second kappa shape index (κ2) is 4.75. The molecule has 0 amide bonds. The van der Waals surface area contributed by atoms with Gasteiger partial charge in [-0.2, -0.15) is 5.10 Å². The summed E-state index contributed by atoms with van der Waals surface area (Å²) >= 11 is 0. The number of likely N-dealkylation sites (N-methyl/N-ethyl adjacent to an activating group) is 1. The van der Waals surface area contributed by atoms with Crippen LogP contribution in [-0.4, -0.2) is 50.9 Å². The highest BCUT2D eigenvalue weighted by molar-refractivity contribution is 6.05. The van der Waals surface area contributed by atoms with Crippen molar-refractivity contribution >= 4 is 22.7 Å². The average Bonchev–Trinajstić information content (AvgIpc) is 2.80. The lowest BCUT2D eigenvalue weighted by atomic mass is 10.1. The van der Waals surface area contributed by atoms with Crippen LogP contribution in [0.3, 0.4) is 0 Å². The van der Waals surface area contributed by atoms with Gasteiger partial charge in [0, 0.05) is 12.7 Å². The van der Waals surface area contributed by atoms with E-state index in [2.05, 4.69) is 22.0 Å². The summed E-state index contributed by atoms with van der Waals surface area (Å²) in [5, 5.41) is 14.0. The molecule has 1 saturated heterocycles. The molecule has 0 radical (unpaired) electrons. The van der Waals surface area contributed by atoms with Gasteiger partial charge in [0.25, 0.3) is 0 Å². The molecule has 0 unspecified atom stereocenters. The number of aromatic carboxylic acids is 1. The van der Waals surface area contributed by atoms with Crippen molar-refractivity contribution in [3.05, 3.63) is 18.0 Å². The average molecular weight is 275 g/mol. The topological polar surface area (TPSA) is 97.3 Å². The van der Waals surface area contributed by atoms with Gasteiger partial charge in [-0.05, 0) is 32.5 Å². The lowest BCUT2D eigenvalue weighted by molar-refractivity contribution is 0.0690. The molecular formula is C13H17N5O2. The van der Waals surface area contributed by atoms with Gasteiger partial charge in [0.15, 0.2) is 5.69 Å². The van der Waals surface area contributed by atoms with Crippen LogP contribution in [0.2, 0.25) is 0 Å². The molecule has 2 aromatic rings. The predicted molar refractivity (Wildman–Crippen MR) is 74.7 cm³/mol. The van der Waals surface area contributed by atoms with Crippen molar-refractivity contribution in [1.29, 1.82) is 0 Å². The molecule has 0 aliphatic carbocycles. The first-order valence-corrected chi connectivity index (χ1v) is 6.62. The summed E-state index contributed by atoms with van der Waals surface area (Å²) in [6, 6.07) is 1.95. The van der Waals surface area contributed by atoms with Gasteiger partial charge in [-0.3, -0.25) is 4.68 Å². The zero-order chi connectivity index (χ0) is 14.3. The third-order valence-corrected chi connectivity index (χ3v) is 3.80. The number of nitrogen functional groups attached to an aromatic ring is 1. The summed E-state index contributed by atoms with van der Waals surface area (Å²) in [4.78, 5) is 17.6. The molecule has 20 heavy (non-hydrogen) atoms. The van der Waals surface area contributed by atoms with E-state index >= 15 is 0 Å². The third-order valence-electron chi connectivity index (χ3n) is 3.80. The first kappa shape index (κ1) is 12.9. The van der Waals surface area contributed by atoms with Crippen LogP contribution >= 0.6 is 0 Å². The maximum atomic E-state index is 11.4. The van der Waals surface area contributed by atoms with Crippen LogP contribution in [0.25, 0.3) is 10.9 Å². The van der Waals surface area contributed by atoms with Gasteiger partial charge in [0.2, 0.25) is 0 Å². The number of pyridine rings is 1. The van der Waals surface area contributed by atoms with Crippen LogP contribution in [0.15, 0.2) is 12.3 Å². The normalized spacial score (nSPS) is 20.4. The minimum absolute atomic E-state index is 0.0150. The van der Waals surface area contributed by atoms with Gasteiger partial charge in [0.05, 0.1) is 16.9 Å². The SMILES string of the molecule is CN1CCC[C@@H](n2nc(C(=O)O)c3c(N)nccc32)C1. The summed E-state index contributed by atoms with van der Waals surface area (Å²) in [5.41, 5.74) is 6.56. The Balaban J connectivity index is 2.16. The molecule has 0 spiro atoms. The zero-order valence-electron chi connectivity index (χ0n) is 11.3. The Morgan fingerprint density at radius 3 is 3.05 bits per heavy atom. The maximum absolute atomic E-state index is 11.4. The van der Waals surface area contributed by atoms with Crippen molar-refractivity contribution in [2.45, 2.75) is 18.9 Å². The Bertz CT molecular complexity index is 666. The number of likely N-dealkylation sites (tertiary alicyclic amines) is 1. The minimum atomic E-state index is -1.07. The van der Waals surface area contributed by atoms with E-state index in [1.165, 1.54) is 0 Å². The van der Waals surface area contributed by atoms with E-state index < -0.39 is 5.97 Å². The maximum Gasteiger partial charge on any atom is 0.357 e. The van der Waals surface area contributed by atoms with E-state index in [0.29, 0.717) is 5.39 Å². The van der Waals surface area contributed by atoms with Gasteiger partial charge < -0.3 is 15.7 Å². The number of aromatic nitrogens is 3. The molecule has 106 valence electrons. The Labute approximate surface area is 116 Å². The van der Waals surface area contributed by atoms with Crippen LogP contribution in [0, 0.1) is 0 Å². The number of hydrogen-bond acceptors (Lipinski definition) is 5. The number of hydrogen-bond donors (Lipinski definition) is 2. The highest BCUT2D eigenvalue weighted by atomic mass is 16.4. The zero-order valence-corrected chi connectivity index (χ0v) is 11.3. The molecule has 3 N–H and O–H groups in total. The quantitative estimate of drug-likeness (QED) is 0.848. The van der Waals surface area contributed by atoms with Crippen LogP contribution in [-0.2, 0) is 0 Å². The van der Waals surface area contributed by atoms with E-state index in [1.54, 1.807) is 16.9 Å². The summed E-state index contributed by atoms with van der Waals surface area (Å²) in [6.07, 6.45) is 3.65. The Hall–Kier alpha value is -2.15. The largest absolute Gasteiger partial charge is 0.476 e. The monoisotopic (exact) mass is 275 g/mol. The minimum Gasteiger partial charge on any atom is -0.476 e. The van der Waals surface area contributed by atoms with Gasteiger partial charge in [0.1, 0.15) is 5.82 Å². The lowest BCUT2D eigenvalue weighted by Gasteiger charge is -2.30. The molecule has 7 heteroatoms. The van der Waals surface area contributed by atoms with E-state index in [9.17, 15) is 9.90 Å². The smallest absolute Gasteiger partial charge is 0.357 e. The number of anilines is 1. The van der Waals surface area contributed by atoms with Crippen molar-refractivity contribution in [2.24, 2.45) is 0 Å². The second-order valence-corrected chi connectivity index (χ2v) is 5.25. The molecule has 1 aliphatic heterocycles. The van der Waals surface area contributed by atoms with Crippen molar-refractivity contribution in [3.8, 4) is 0 Å². The Morgan fingerprint density at radius 2 is 2.35 bits per heavy atom. The lowest BCUT2D eigenvalue weighted by Crippen LogP contribution is -2.34. The molecular weight excluding hydrogens is 258 g/mol. The van der Waals surface area contributed by atoms with Gasteiger partial charge in [-0.15, -0.1) is 0 Å². The number of nitrogens with zero attached hydrogens (tertiary/aromatic N) is 4. The molecule has 1 fully saturated rings. The summed E-state index contributed by atoms with van der Waals surface area (Å²) in [5.74, 6) is -0.854. The van der Waals surface area contributed by atoms with Gasteiger partial charge in [-0.1, -0.05) is 0 Å². The first-order valence-electron chi connectivity index (χ1n) is 6.62. The van der Waals surface area contributed by atoms with E-state index in [0.717, 1.165) is 31.4 Å². The fourth-order valence-electron chi connectivity index (χ4n) is 2.88. The molecule has 2 aromatic heterocycles. The molecule has 3 rings (SSSR count). The molecule has 7 nitrogen and oxygen atoms in total. The van der Waals surface area contributed by atoms with Crippen molar-refractivity contribution < 1.29 is 9.90 Å². The standard InChI is InChI=1S/C13H17N5O2/c1-17-6-2-3-8(7-17)18-9-4-5-15-12(14)10(9)11(16-18)13(19)20/h4-5,8H,2-3,6-7H2,1H3,(H2,14,15)(H,19,20)/t8-/m1/s1. The number of rotatable bonds is 2. The number of carbonyl (C=O) groups is 1. The van der Waals surface area contributed by atoms with Gasteiger partial charge >= 0.3 is 5.97 Å². The number of fused-ring (bicyclic) bond motifs is 1. The van der Waals surface area contributed by atoms with Crippen LogP contribution in [0.1, 0.15) is 29.4 Å². The van der Waals surface area contributed by atoms with E-state index in [1.807, 2.05) is 0 Å². The molecule has 0 aromatic carbocycles. The molecule has 1 aliphatic rings. The molecule has 1 atom stereocenters. The highest BCUT2D eigenvalue weighted by Gasteiger charge is 2.25. The van der Waals surface area contributed by atoms with Crippen molar-refractivity contribution in [2.75, 3.05) is 25.9 Å². The number of nitrogens with two attached hydrogens (primary N) is 1. The van der Waals surface area contributed by atoms with Crippen molar-refractivity contribution in [3.63, 3.8) is 0 Å². The summed E-state index contributed by atoms with van der Waals surface area (Å²) in [7, 11) is 2.06. The predicted octanol–water partition coefficient (Wildman–Crippen LogP) is 0.978. The number of piperidine rings is 1. The van der Waals surface area contributed by atoms with Crippen LogP contribution in [0.4, 0.5) is 5.82 Å².